The molecule has 2 rings (SSSR count). The van der Waals surface area contributed by atoms with Crippen molar-refractivity contribution in [3.05, 3.63) is 11.6 Å². The Morgan fingerprint density at radius 1 is 1.00 bits per heavy atom. The highest BCUT2D eigenvalue weighted by Crippen LogP contribution is 2.24. The molecule has 3 amide bonds. The monoisotopic (exact) mass is 580 g/mol. The molecule has 2 fully saturated rings. The molecular weight excluding hydrogens is 520 g/mol. The van der Waals surface area contributed by atoms with Crippen molar-refractivity contribution in [1.82, 2.24) is 20.0 Å². The highest BCUT2D eigenvalue weighted by Gasteiger charge is 2.37. The Morgan fingerprint density at radius 2 is 1.56 bits per heavy atom. The zero-order valence-electron chi connectivity index (χ0n) is 27.9. The average Bonchev–Trinajstić information content (AvgIpc) is 3.40. The predicted octanol–water partition coefficient (Wildman–Crippen LogP) is 4.79. The van der Waals surface area contributed by atoms with Gasteiger partial charge in [-0.15, -0.1) is 0 Å². The summed E-state index contributed by atoms with van der Waals surface area (Å²) in [5.41, 5.74) is -0.136. The Bertz CT molecular complexity index is 828. The first-order valence-electron chi connectivity index (χ1n) is 15.5. The number of hydrogen-bond acceptors (Lipinski definition) is 6. The minimum atomic E-state index is -0.610. The molecular formula is C32H60N4O5. The van der Waals surface area contributed by atoms with Crippen molar-refractivity contribution in [1.29, 1.82) is 0 Å². The Kier molecular flexibility index (Phi) is 18.5. The Balaban J connectivity index is 0.00000110. The van der Waals surface area contributed by atoms with Crippen molar-refractivity contribution in [3.63, 3.8) is 0 Å². The molecule has 0 saturated carbocycles. The van der Waals surface area contributed by atoms with Crippen molar-refractivity contribution < 1.29 is 23.9 Å². The first-order chi connectivity index (χ1) is 19.1. The van der Waals surface area contributed by atoms with Crippen LogP contribution in [0.5, 0.6) is 0 Å². The standard InChI is InChI=1S/C21H35N3O5.C8H17N.C3H8/c1-14(2)17(23(7)18(26)12-22-13-25)11-15(3)19(27)24-10-8-9-16(24)20(28)29-21(4,5)6;1-8(2)9-6-4-3-5-7-9;1-3-2/h11,13-14,16-17H,8-10,12H2,1-7H3,(H,22,25);8H,3-7H2,1-2H3;3H2,1-2H3/b15-11+;;/t16-,17?;;/m0../s1. The maximum absolute atomic E-state index is 13.0. The third-order valence-electron chi connectivity index (χ3n) is 6.93. The largest absolute Gasteiger partial charge is 0.458 e. The number of likely N-dealkylation sites (N-methyl/N-ethyl adjacent to an activating group) is 1. The van der Waals surface area contributed by atoms with E-state index in [4.69, 9.17) is 4.74 Å². The molecule has 238 valence electrons. The van der Waals surface area contributed by atoms with Crippen LogP contribution in [-0.2, 0) is 23.9 Å². The molecule has 2 atom stereocenters. The third kappa shape index (κ3) is 14.9. The van der Waals surface area contributed by atoms with Crippen LogP contribution in [0.2, 0.25) is 0 Å². The SMILES string of the molecule is C/C(=C\C(C(C)C)N(C)C(=O)CNC=O)C(=O)N1CCC[C@H]1C(=O)OC(C)(C)C.CC(C)N1CCCCC1.CCC. The first-order valence-corrected chi connectivity index (χ1v) is 15.5. The molecule has 2 aliphatic heterocycles. The molecule has 0 aliphatic carbocycles. The van der Waals surface area contributed by atoms with Gasteiger partial charge in [-0.05, 0) is 86.2 Å². The van der Waals surface area contributed by atoms with Gasteiger partial charge in [-0.25, -0.2) is 4.79 Å². The lowest BCUT2D eigenvalue weighted by Crippen LogP contribution is -2.45. The van der Waals surface area contributed by atoms with Gasteiger partial charge < -0.3 is 24.8 Å². The lowest BCUT2D eigenvalue weighted by Gasteiger charge is -2.31. The molecule has 1 unspecified atom stereocenters. The van der Waals surface area contributed by atoms with Gasteiger partial charge >= 0.3 is 5.97 Å². The fourth-order valence-electron chi connectivity index (χ4n) is 4.78. The molecule has 1 N–H and O–H groups in total. The van der Waals surface area contributed by atoms with E-state index >= 15 is 0 Å². The summed E-state index contributed by atoms with van der Waals surface area (Å²) < 4.78 is 5.47. The van der Waals surface area contributed by atoms with Crippen molar-refractivity contribution in [2.75, 3.05) is 33.2 Å². The fraction of sp³-hybridized carbons (Fsp3) is 0.812. The molecule has 41 heavy (non-hydrogen) atoms. The summed E-state index contributed by atoms with van der Waals surface area (Å²) in [6, 6.07) is -0.133. The summed E-state index contributed by atoms with van der Waals surface area (Å²) >= 11 is 0. The zero-order valence-corrected chi connectivity index (χ0v) is 27.9. The average molecular weight is 581 g/mol. The molecule has 0 aromatic rings. The normalized spacial score (nSPS) is 18.5. The lowest BCUT2D eigenvalue weighted by atomic mass is 9.99. The molecule has 2 saturated heterocycles. The van der Waals surface area contributed by atoms with Crippen LogP contribution in [0.4, 0.5) is 0 Å². The van der Waals surface area contributed by atoms with E-state index in [-0.39, 0.29) is 36.3 Å². The summed E-state index contributed by atoms with van der Waals surface area (Å²) in [5.74, 6) is -0.803. The highest BCUT2D eigenvalue weighted by molar-refractivity contribution is 5.96. The maximum atomic E-state index is 13.0. The Hall–Kier alpha value is -2.42. The van der Waals surface area contributed by atoms with Crippen molar-refractivity contribution in [3.8, 4) is 0 Å². The van der Waals surface area contributed by atoms with Crippen molar-refractivity contribution in [2.24, 2.45) is 5.92 Å². The molecule has 9 heteroatoms. The number of likely N-dealkylation sites (tertiary alicyclic amines) is 2. The van der Waals surface area contributed by atoms with Crippen molar-refractivity contribution in [2.45, 2.75) is 131 Å². The van der Waals surface area contributed by atoms with Gasteiger partial charge in [0.25, 0.3) is 0 Å². The van der Waals surface area contributed by atoms with Crippen LogP contribution in [0.1, 0.15) is 108 Å². The van der Waals surface area contributed by atoms with E-state index in [1.807, 2.05) is 13.8 Å². The van der Waals surface area contributed by atoms with E-state index in [9.17, 15) is 19.2 Å². The number of carbonyl (C=O) groups excluding carboxylic acids is 4. The zero-order chi connectivity index (χ0) is 31.8. The number of rotatable bonds is 9. The summed E-state index contributed by atoms with van der Waals surface area (Å²) in [5, 5.41) is 2.36. The Labute approximate surface area is 250 Å². The van der Waals surface area contributed by atoms with E-state index < -0.39 is 11.6 Å². The van der Waals surface area contributed by atoms with E-state index in [1.54, 1.807) is 45.7 Å². The van der Waals surface area contributed by atoms with E-state index in [0.29, 0.717) is 24.9 Å². The fourth-order valence-corrected chi connectivity index (χ4v) is 4.78. The van der Waals surface area contributed by atoms with Gasteiger partial charge in [-0.1, -0.05) is 46.6 Å². The molecule has 0 bridgehead atoms. The number of nitrogens with one attached hydrogen (secondary N) is 1. The van der Waals surface area contributed by atoms with Gasteiger partial charge in [-0.3, -0.25) is 14.4 Å². The predicted molar refractivity (Wildman–Crippen MR) is 166 cm³/mol. The number of amides is 3. The second kappa shape index (κ2) is 19.7. The maximum Gasteiger partial charge on any atom is 0.329 e. The third-order valence-corrected chi connectivity index (χ3v) is 6.93. The molecule has 0 spiro atoms. The highest BCUT2D eigenvalue weighted by atomic mass is 16.6. The minimum Gasteiger partial charge on any atom is -0.458 e. The van der Waals surface area contributed by atoms with Gasteiger partial charge in [-0.2, -0.15) is 0 Å². The van der Waals surface area contributed by atoms with Crippen LogP contribution in [-0.4, -0.2) is 95.8 Å². The lowest BCUT2D eigenvalue weighted by molar-refractivity contribution is -0.162. The van der Waals surface area contributed by atoms with Crippen LogP contribution in [0.25, 0.3) is 0 Å². The van der Waals surface area contributed by atoms with Gasteiger partial charge in [0.15, 0.2) is 0 Å². The van der Waals surface area contributed by atoms with Crippen molar-refractivity contribution >= 4 is 24.2 Å². The summed E-state index contributed by atoms with van der Waals surface area (Å²) in [6.07, 6.45) is 9.09. The molecule has 9 nitrogen and oxygen atoms in total. The quantitative estimate of drug-likeness (QED) is 0.239. The van der Waals surface area contributed by atoms with Gasteiger partial charge in [0.2, 0.25) is 18.2 Å². The number of piperidine rings is 1. The van der Waals surface area contributed by atoms with E-state index in [2.05, 4.69) is 37.9 Å². The topological polar surface area (TPSA) is 99.3 Å². The number of ether oxygens (including phenoxy) is 1. The van der Waals surface area contributed by atoms with Gasteiger partial charge in [0.05, 0.1) is 12.6 Å². The smallest absolute Gasteiger partial charge is 0.329 e. The molecule has 0 aromatic heterocycles. The van der Waals surface area contributed by atoms with E-state index in [0.717, 1.165) is 12.5 Å². The summed E-state index contributed by atoms with van der Waals surface area (Å²) in [6.45, 7) is 22.9. The second-order valence-electron chi connectivity index (χ2n) is 12.7. The first kappa shape index (κ1) is 38.6. The number of carbonyl (C=O) groups is 4. The number of esters is 1. The minimum absolute atomic E-state index is 0.0585. The van der Waals surface area contributed by atoms with Crippen LogP contribution in [0, 0.1) is 5.92 Å². The van der Waals surface area contributed by atoms with Gasteiger partial charge in [0.1, 0.15) is 11.6 Å². The summed E-state index contributed by atoms with van der Waals surface area (Å²) in [7, 11) is 1.65. The second-order valence-corrected chi connectivity index (χ2v) is 12.7. The molecule has 2 aliphatic rings. The van der Waals surface area contributed by atoms with Crippen LogP contribution >= 0.6 is 0 Å². The van der Waals surface area contributed by atoms with Crippen LogP contribution in [0.15, 0.2) is 11.6 Å². The van der Waals surface area contributed by atoms with Crippen LogP contribution in [0.3, 0.4) is 0 Å². The Morgan fingerprint density at radius 3 is 2.00 bits per heavy atom. The number of nitrogens with zero attached hydrogens (tertiary/aromatic N) is 3. The molecule has 0 aromatic carbocycles. The molecule has 2 heterocycles. The van der Waals surface area contributed by atoms with E-state index in [1.165, 1.54) is 43.7 Å². The number of hydrogen-bond donors (Lipinski definition) is 1. The molecule has 0 radical (unpaired) electrons. The summed E-state index contributed by atoms with van der Waals surface area (Å²) in [4.78, 5) is 53.9. The van der Waals surface area contributed by atoms with Gasteiger partial charge in [0, 0.05) is 25.2 Å². The van der Waals surface area contributed by atoms with Crippen LogP contribution < -0.4 is 5.32 Å².